The minimum atomic E-state index is -1.47. The molecule has 1 amide bonds. The van der Waals surface area contributed by atoms with E-state index in [0.717, 1.165) is 5.01 Å². The molecule has 13 nitrogen and oxygen atoms in total. The third-order valence-electron chi connectivity index (χ3n) is 4.38. The predicted octanol–water partition coefficient (Wildman–Crippen LogP) is -0.240. The molecule has 1 aromatic carbocycles. The molecule has 0 aliphatic carbocycles. The molecule has 3 rings (SSSR count). The Morgan fingerprint density at radius 1 is 1.16 bits per heavy atom. The molecular formula is C19H19N7O6. The highest BCUT2D eigenvalue weighted by Crippen LogP contribution is 2.13. The van der Waals surface area contributed by atoms with Crippen molar-refractivity contribution in [3.63, 3.8) is 0 Å². The van der Waals surface area contributed by atoms with Crippen LogP contribution in [0.15, 0.2) is 41.3 Å². The lowest BCUT2D eigenvalue weighted by molar-refractivity contribution is -0.144. The van der Waals surface area contributed by atoms with Crippen molar-refractivity contribution in [3.05, 3.63) is 58.1 Å². The van der Waals surface area contributed by atoms with Gasteiger partial charge in [-0.3, -0.25) is 24.4 Å². The second kappa shape index (κ2) is 9.61. The highest BCUT2D eigenvalue weighted by Gasteiger charge is 2.31. The largest absolute Gasteiger partial charge is 0.481 e. The average Bonchev–Trinajstić information content (AvgIpc) is 2.75. The second-order valence-corrected chi connectivity index (χ2v) is 6.65. The zero-order chi connectivity index (χ0) is 23.3. The lowest BCUT2D eigenvalue weighted by Crippen LogP contribution is -2.52. The Morgan fingerprint density at radius 2 is 1.88 bits per heavy atom. The van der Waals surface area contributed by atoms with E-state index < -0.39 is 35.9 Å². The number of aliphatic carboxylic acids is 2. The van der Waals surface area contributed by atoms with Gasteiger partial charge in [0.2, 0.25) is 5.95 Å². The van der Waals surface area contributed by atoms with Gasteiger partial charge in [0.15, 0.2) is 11.2 Å². The molecule has 0 saturated heterocycles. The van der Waals surface area contributed by atoms with Crippen molar-refractivity contribution < 1.29 is 24.6 Å². The predicted molar refractivity (Wildman–Crippen MR) is 110 cm³/mol. The van der Waals surface area contributed by atoms with Crippen LogP contribution >= 0.6 is 0 Å². The van der Waals surface area contributed by atoms with Crippen LogP contribution in [0.1, 0.15) is 28.9 Å². The van der Waals surface area contributed by atoms with Crippen LogP contribution in [-0.4, -0.2) is 59.0 Å². The molecule has 13 heteroatoms. The SMILES string of the molecule is Nc1nc2ncc(CNN(C(=O)c3ccccc3)[C@@H](CCC(=O)O)C(=O)O)nc2c(=O)[nH]1. The number of nitrogens with two attached hydrogens (primary N) is 1. The summed E-state index contributed by atoms with van der Waals surface area (Å²) in [5.41, 5.74) is 7.90. The van der Waals surface area contributed by atoms with Crippen molar-refractivity contribution in [2.24, 2.45) is 0 Å². The number of hydrogen-bond acceptors (Lipinski definition) is 9. The van der Waals surface area contributed by atoms with Crippen LogP contribution in [-0.2, 0) is 16.1 Å². The summed E-state index contributed by atoms with van der Waals surface area (Å²) in [7, 11) is 0. The van der Waals surface area contributed by atoms with Crippen LogP contribution < -0.4 is 16.7 Å². The Balaban J connectivity index is 1.90. The Hall–Kier alpha value is -4.39. The van der Waals surface area contributed by atoms with Gasteiger partial charge in [-0.15, -0.1) is 0 Å². The second-order valence-electron chi connectivity index (χ2n) is 6.65. The van der Waals surface area contributed by atoms with Crippen molar-refractivity contribution in [3.8, 4) is 0 Å². The minimum Gasteiger partial charge on any atom is -0.481 e. The van der Waals surface area contributed by atoms with Gasteiger partial charge >= 0.3 is 11.9 Å². The van der Waals surface area contributed by atoms with Gasteiger partial charge in [-0.25, -0.2) is 20.2 Å². The average molecular weight is 441 g/mol. The van der Waals surface area contributed by atoms with Gasteiger partial charge in [0.05, 0.1) is 18.4 Å². The normalized spacial score (nSPS) is 11.8. The molecule has 6 N–H and O–H groups in total. The fourth-order valence-electron chi connectivity index (χ4n) is 2.89. The first-order chi connectivity index (χ1) is 15.3. The molecule has 3 aromatic rings. The molecule has 0 aliphatic heterocycles. The van der Waals surface area contributed by atoms with Crippen LogP contribution in [0.3, 0.4) is 0 Å². The number of nitrogens with one attached hydrogen (secondary N) is 2. The van der Waals surface area contributed by atoms with E-state index in [1.807, 2.05) is 0 Å². The zero-order valence-corrected chi connectivity index (χ0v) is 16.6. The van der Waals surface area contributed by atoms with Gasteiger partial charge in [-0.1, -0.05) is 18.2 Å². The molecular weight excluding hydrogens is 422 g/mol. The number of hydrazine groups is 1. The number of aromatic amines is 1. The van der Waals surface area contributed by atoms with Crippen LogP contribution in [0, 0.1) is 0 Å². The Kier molecular flexibility index (Phi) is 6.70. The lowest BCUT2D eigenvalue weighted by Gasteiger charge is -2.29. The summed E-state index contributed by atoms with van der Waals surface area (Å²) >= 11 is 0. The molecule has 166 valence electrons. The number of hydrogen-bond donors (Lipinski definition) is 5. The maximum absolute atomic E-state index is 13.0. The van der Waals surface area contributed by atoms with E-state index in [1.54, 1.807) is 18.2 Å². The monoisotopic (exact) mass is 441 g/mol. The van der Waals surface area contributed by atoms with Crippen molar-refractivity contribution in [1.29, 1.82) is 0 Å². The maximum Gasteiger partial charge on any atom is 0.328 e. The van der Waals surface area contributed by atoms with Crippen LogP contribution in [0.5, 0.6) is 0 Å². The Morgan fingerprint density at radius 3 is 2.53 bits per heavy atom. The molecule has 0 bridgehead atoms. The fourth-order valence-corrected chi connectivity index (χ4v) is 2.89. The van der Waals surface area contributed by atoms with E-state index in [-0.39, 0.29) is 41.3 Å². The first-order valence-corrected chi connectivity index (χ1v) is 9.34. The van der Waals surface area contributed by atoms with E-state index in [0.29, 0.717) is 0 Å². The standard InChI is InChI=1S/C19H19N7O6/c20-19-24-15-14(16(29)25-19)23-11(8-21-15)9-22-26(12(18(31)32)6-7-13(27)28)17(30)10-4-2-1-3-5-10/h1-5,8,12,22H,6-7,9H2,(H,27,28)(H,31,32)(H3,20,21,24,25,29)/t12-/m0/s1. The number of fused-ring (bicyclic) bond motifs is 1. The highest BCUT2D eigenvalue weighted by atomic mass is 16.4. The van der Waals surface area contributed by atoms with Crippen LogP contribution in [0.2, 0.25) is 0 Å². The highest BCUT2D eigenvalue weighted by molar-refractivity contribution is 5.96. The van der Waals surface area contributed by atoms with E-state index >= 15 is 0 Å². The molecule has 0 radical (unpaired) electrons. The minimum absolute atomic E-state index is 0.0251. The molecule has 0 spiro atoms. The number of nitrogen functional groups attached to an aromatic ring is 1. The van der Waals surface area contributed by atoms with E-state index in [9.17, 15) is 24.3 Å². The molecule has 1 atom stereocenters. The summed E-state index contributed by atoms with van der Waals surface area (Å²) in [6.07, 6.45) is 0.497. The van der Waals surface area contributed by atoms with Gasteiger partial charge in [0.1, 0.15) is 6.04 Å². The third-order valence-corrected chi connectivity index (χ3v) is 4.38. The lowest BCUT2D eigenvalue weighted by atomic mass is 10.1. The van der Waals surface area contributed by atoms with Crippen molar-refractivity contribution in [2.75, 3.05) is 5.73 Å². The summed E-state index contributed by atoms with van der Waals surface area (Å²) in [5, 5.41) is 19.4. The van der Waals surface area contributed by atoms with E-state index in [2.05, 4.69) is 25.4 Å². The number of carboxylic acids is 2. The fraction of sp³-hybridized carbons (Fsp3) is 0.211. The van der Waals surface area contributed by atoms with Crippen LogP contribution in [0.25, 0.3) is 11.2 Å². The molecule has 0 fully saturated rings. The summed E-state index contributed by atoms with van der Waals surface area (Å²) in [4.78, 5) is 62.1. The number of aromatic nitrogens is 4. The number of anilines is 1. The number of nitrogens with zero attached hydrogens (tertiary/aromatic N) is 4. The molecule has 0 unspecified atom stereocenters. The molecule has 2 aromatic heterocycles. The van der Waals surface area contributed by atoms with Crippen LogP contribution in [0.4, 0.5) is 5.95 Å². The van der Waals surface area contributed by atoms with Crippen molar-refractivity contribution >= 4 is 35.0 Å². The summed E-state index contributed by atoms with van der Waals surface area (Å²) in [6, 6.07) is 6.43. The number of carbonyl (C=O) groups excluding carboxylic acids is 1. The third kappa shape index (κ3) is 5.20. The first kappa shape index (κ1) is 22.3. The summed E-state index contributed by atoms with van der Waals surface area (Å²) < 4.78 is 0. The zero-order valence-electron chi connectivity index (χ0n) is 16.6. The number of rotatable bonds is 9. The summed E-state index contributed by atoms with van der Waals surface area (Å²) in [6.45, 7) is -0.178. The Labute approximate surface area is 179 Å². The van der Waals surface area contributed by atoms with Gasteiger partial charge < -0.3 is 15.9 Å². The maximum atomic E-state index is 13.0. The first-order valence-electron chi connectivity index (χ1n) is 9.34. The Bertz CT molecular complexity index is 1210. The molecule has 32 heavy (non-hydrogen) atoms. The van der Waals surface area contributed by atoms with Crippen molar-refractivity contribution in [2.45, 2.75) is 25.4 Å². The number of benzene rings is 1. The quantitative estimate of drug-likeness (QED) is 0.274. The number of carboxylic acid groups (broad SMARTS) is 2. The van der Waals surface area contributed by atoms with Gasteiger partial charge in [-0.05, 0) is 18.6 Å². The number of amides is 1. The molecule has 0 aliphatic rings. The van der Waals surface area contributed by atoms with Gasteiger partial charge in [-0.2, -0.15) is 4.98 Å². The number of carbonyl (C=O) groups is 3. The van der Waals surface area contributed by atoms with E-state index in [1.165, 1.54) is 18.3 Å². The summed E-state index contributed by atoms with van der Waals surface area (Å²) in [5.74, 6) is -3.38. The van der Waals surface area contributed by atoms with E-state index in [4.69, 9.17) is 10.8 Å². The molecule has 2 heterocycles. The van der Waals surface area contributed by atoms with Crippen molar-refractivity contribution in [1.82, 2.24) is 30.4 Å². The smallest absolute Gasteiger partial charge is 0.328 e. The topological polar surface area (TPSA) is 204 Å². The van der Waals surface area contributed by atoms with Gasteiger partial charge in [0.25, 0.3) is 11.5 Å². The van der Waals surface area contributed by atoms with Gasteiger partial charge in [0, 0.05) is 12.0 Å². The number of H-pyrrole nitrogens is 1. The molecule has 0 saturated carbocycles.